The van der Waals surface area contributed by atoms with Gasteiger partial charge in [-0.2, -0.15) is 0 Å². The van der Waals surface area contributed by atoms with Crippen LogP contribution in [0, 0.1) is 0 Å². The normalized spacial score (nSPS) is 11.5. The molecule has 12 aromatic rings. The second kappa shape index (κ2) is 15.4. The van der Waals surface area contributed by atoms with E-state index in [-0.39, 0.29) is 0 Å². The average Bonchev–Trinajstić information content (AvgIpc) is 3.93. The molecule has 0 amide bonds. The van der Waals surface area contributed by atoms with Crippen molar-refractivity contribution in [1.29, 1.82) is 0 Å². The molecule has 0 saturated carbocycles. The van der Waals surface area contributed by atoms with Gasteiger partial charge in [0.25, 0.3) is 0 Å². The first kappa shape index (κ1) is 36.6. The number of para-hydroxylation sites is 2. The van der Waals surface area contributed by atoms with E-state index >= 15 is 0 Å². The zero-order valence-electron chi connectivity index (χ0n) is 33.9. The monoisotopic (exact) mass is 824 g/mol. The molecule has 12 rings (SSSR count). The summed E-state index contributed by atoms with van der Waals surface area (Å²) in [6.07, 6.45) is 0. The lowest BCUT2D eigenvalue weighted by Crippen LogP contribution is -2.10. The van der Waals surface area contributed by atoms with Crippen LogP contribution in [-0.4, -0.2) is 15.0 Å². The first-order chi connectivity index (χ1) is 31.2. The maximum atomic E-state index is 6.75. The van der Waals surface area contributed by atoms with Crippen molar-refractivity contribution in [3.8, 4) is 56.4 Å². The van der Waals surface area contributed by atoms with Crippen LogP contribution in [0.3, 0.4) is 0 Å². The Morgan fingerprint density at radius 2 is 0.889 bits per heavy atom. The van der Waals surface area contributed by atoms with Gasteiger partial charge in [0.2, 0.25) is 0 Å². The fourth-order valence-electron chi connectivity index (χ4n) is 8.77. The Morgan fingerprint density at radius 3 is 1.67 bits per heavy atom. The summed E-state index contributed by atoms with van der Waals surface area (Å²) in [4.78, 5) is 18.3. The Morgan fingerprint density at radius 1 is 0.333 bits per heavy atom. The maximum Gasteiger partial charge on any atom is 0.164 e. The highest BCUT2D eigenvalue weighted by molar-refractivity contribution is 7.25. The first-order valence-corrected chi connectivity index (χ1v) is 21.8. The minimum Gasteiger partial charge on any atom is -0.456 e. The number of rotatable bonds is 8. The van der Waals surface area contributed by atoms with Crippen molar-refractivity contribution in [3.63, 3.8) is 0 Å². The van der Waals surface area contributed by atoms with E-state index in [1.165, 1.54) is 25.9 Å². The van der Waals surface area contributed by atoms with Crippen LogP contribution in [0.15, 0.2) is 223 Å². The maximum absolute atomic E-state index is 6.75. The molecule has 6 heteroatoms. The molecule has 63 heavy (non-hydrogen) atoms. The molecule has 0 radical (unpaired) electrons. The number of nitrogens with zero attached hydrogens (tertiary/aromatic N) is 4. The molecule has 5 nitrogen and oxygen atoms in total. The second-order valence-corrected chi connectivity index (χ2v) is 16.7. The van der Waals surface area contributed by atoms with Crippen molar-refractivity contribution >= 4 is 70.5 Å². The molecule has 3 heterocycles. The Balaban J connectivity index is 1.08. The molecule has 3 aromatic heterocycles. The summed E-state index contributed by atoms with van der Waals surface area (Å²) < 4.78 is 9.16. The van der Waals surface area contributed by atoms with Crippen molar-refractivity contribution in [2.45, 2.75) is 0 Å². The number of hydrogen-bond acceptors (Lipinski definition) is 6. The van der Waals surface area contributed by atoms with Gasteiger partial charge >= 0.3 is 0 Å². The molecule has 0 aliphatic carbocycles. The van der Waals surface area contributed by atoms with Crippen LogP contribution in [0.25, 0.3) is 98.5 Å². The summed E-state index contributed by atoms with van der Waals surface area (Å²) in [6.45, 7) is 0. The second-order valence-electron chi connectivity index (χ2n) is 15.6. The molecule has 9 aromatic carbocycles. The fourth-order valence-corrected chi connectivity index (χ4v) is 9.91. The smallest absolute Gasteiger partial charge is 0.164 e. The van der Waals surface area contributed by atoms with Gasteiger partial charge in [-0.25, -0.2) is 15.0 Å². The van der Waals surface area contributed by atoms with Gasteiger partial charge in [0.15, 0.2) is 17.5 Å². The topological polar surface area (TPSA) is 55.1 Å². The highest BCUT2D eigenvalue weighted by atomic mass is 32.1. The molecular weight excluding hydrogens is 789 g/mol. The van der Waals surface area contributed by atoms with Crippen molar-refractivity contribution in [2.75, 3.05) is 4.90 Å². The zero-order chi connectivity index (χ0) is 41.7. The van der Waals surface area contributed by atoms with Crippen LogP contribution in [0.1, 0.15) is 0 Å². The van der Waals surface area contributed by atoms with Crippen molar-refractivity contribution in [3.05, 3.63) is 218 Å². The van der Waals surface area contributed by atoms with Crippen LogP contribution in [0.4, 0.5) is 17.1 Å². The van der Waals surface area contributed by atoms with Gasteiger partial charge in [-0.05, 0) is 70.8 Å². The summed E-state index contributed by atoms with van der Waals surface area (Å²) in [5, 5.41) is 4.28. The van der Waals surface area contributed by atoms with Gasteiger partial charge in [0.1, 0.15) is 11.2 Å². The number of fused-ring (bicyclic) bond motifs is 6. The summed E-state index contributed by atoms with van der Waals surface area (Å²) in [5.41, 5.74) is 11.8. The third-order valence-electron chi connectivity index (χ3n) is 11.7. The number of aromatic nitrogens is 3. The molecule has 0 atom stereocenters. The molecular formula is C57H36N4OS. The van der Waals surface area contributed by atoms with E-state index in [4.69, 9.17) is 19.4 Å². The third-order valence-corrected chi connectivity index (χ3v) is 12.9. The van der Waals surface area contributed by atoms with E-state index in [0.717, 1.165) is 72.2 Å². The highest BCUT2D eigenvalue weighted by Crippen LogP contribution is 2.45. The number of hydrogen-bond donors (Lipinski definition) is 0. The zero-order valence-corrected chi connectivity index (χ0v) is 34.7. The van der Waals surface area contributed by atoms with E-state index < -0.39 is 0 Å². The summed E-state index contributed by atoms with van der Waals surface area (Å²) in [5.74, 6) is 1.78. The average molecular weight is 825 g/mol. The number of furan rings is 1. The van der Waals surface area contributed by atoms with Gasteiger partial charge in [0, 0.05) is 65.1 Å². The molecule has 0 N–H and O–H groups in total. The minimum atomic E-state index is 0.564. The largest absolute Gasteiger partial charge is 0.456 e. The van der Waals surface area contributed by atoms with Crippen molar-refractivity contribution in [2.24, 2.45) is 0 Å². The molecule has 0 unspecified atom stereocenters. The molecule has 0 bridgehead atoms. The molecule has 296 valence electrons. The van der Waals surface area contributed by atoms with E-state index in [0.29, 0.717) is 17.5 Å². The van der Waals surface area contributed by atoms with Crippen LogP contribution in [-0.2, 0) is 0 Å². The highest BCUT2D eigenvalue weighted by Gasteiger charge is 2.23. The predicted octanol–water partition coefficient (Wildman–Crippen LogP) is 15.9. The van der Waals surface area contributed by atoms with Crippen molar-refractivity contribution in [1.82, 2.24) is 15.0 Å². The molecule has 0 aliphatic rings. The Hall–Kier alpha value is -8.19. The molecule has 0 saturated heterocycles. The fraction of sp³-hybridized carbons (Fsp3) is 0. The van der Waals surface area contributed by atoms with E-state index in [2.05, 4.69) is 187 Å². The Bertz CT molecular complexity index is 3620. The van der Waals surface area contributed by atoms with Gasteiger partial charge in [0.05, 0.1) is 5.69 Å². The number of benzene rings is 9. The summed E-state index contributed by atoms with van der Waals surface area (Å²) in [7, 11) is 0. The lowest BCUT2D eigenvalue weighted by molar-refractivity contribution is 0.669. The molecule has 0 spiro atoms. The van der Waals surface area contributed by atoms with Gasteiger partial charge in [-0.3, -0.25) is 0 Å². The summed E-state index contributed by atoms with van der Waals surface area (Å²) >= 11 is 1.79. The molecule has 0 aliphatic heterocycles. The molecule has 0 fully saturated rings. The van der Waals surface area contributed by atoms with Crippen molar-refractivity contribution < 1.29 is 4.42 Å². The predicted molar refractivity (Wildman–Crippen MR) is 262 cm³/mol. The van der Waals surface area contributed by atoms with Crippen LogP contribution in [0.2, 0.25) is 0 Å². The van der Waals surface area contributed by atoms with Gasteiger partial charge < -0.3 is 9.32 Å². The van der Waals surface area contributed by atoms with Crippen LogP contribution in [0.5, 0.6) is 0 Å². The first-order valence-electron chi connectivity index (χ1n) is 21.0. The quantitative estimate of drug-likeness (QED) is 0.153. The van der Waals surface area contributed by atoms with E-state index in [1.54, 1.807) is 11.3 Å². The Labute approximate surface area is 367 Å². The number of thiophene rings is 1. The SMILES string of the molecule is c1ccc(-c2ccc(-c3cccc(N(c4ccccc4)c4cc(-c5nc(-c6ccccc6)nc(-c6cccc7sc8ccccc8c67)n5)c5c(c4)oc4ccccc45)c3)cc2)cc1. The third kappa shape index (κ3) is 6.61. The Kier molecular flexibility index (Phi) is 8.94. The van der Waals surface area contributed by atoms with Crippen LogP contribution < -0.4 is 4.90 Å². The van der Waals surface area contributed by atoms with Crippen LogP contribution >= 0.6 is 11.3 Å². The number of anilines is 3. The van der Waals surface area contributed by atoms with Gasteiger partial charge in [-0.1, -0.05) is 164 Å². The van der Waals surface area contributed by atoms with E-state index in [1.807, 2.05) is 36.4 Å². The summed E-state index contributed by atoms with van der Waals surface area (Å²) in [6, 6.07) is 76.2. The van der Waals surface area contributed by atoms with E-state index in [9.17, 15) is 0 Å². The van der Waals surface area contributed by atoms with Gasteiger partial charge in [-0.15, -0.1) is 11.3 Å². The lowest BCUT2D eigenvalue weighted by atomic mass is 9.99. The minimum absolute atomic E-state index is 0.564. The standard InChI is InChI=1S/C57H36N4OS/c1-4-16-37(17-5-1)38-30-32-39(33-31-38)41-20-14-23-43(34-41)61(42-21-8-3-9-22-42)44-35-48(53-45-24-10-12-27-49(45)62-50(53)36-44)57-59-55(40-18-6-2-7-19-40)58-56(60-57)47-26-15-29-52-54(47)46-25-11-13-28-51(46)63-52/h1-36H. The lowest BCUT2D eigenvalue weighted by Gasteiger charge is -2.26.